The van der Waals surface area contributed by atoms with Crippen molar-refractivity contribution in [3.63, 3.8) is 0 Å². The Balaban J connectivity index is 2.00. The molecule has 148 valence electrons. The molecule has 0 bridgehead atoms. The third kappa shape index (κ3) is 5.08. The fraction of sp³-hybridized carbons (Fsp3) is 0.200. The molecule has 2 unspecified atom stereocenters. The lowest BCUT2D eigenvalue weighted by atomic mass is 9.76. The molecule has 0 amide bonds. The quantitative estimate of drug-likeness (QED) is 0.425. The highest BCUT2D eigenvalue weighted by atomic mass is 32.1. The predicted octanol–water partition coefficient (Wildman–Crippen LogP) is 5.66. The average molecular weight is 413 g/mol. The molecule has 0 saturated carbocycles. The van der Waals surface area contributed by atoms with Crippen molar-refractivity contribution in [1.29, 1.82) is 10.5 Å². The largest absolute Gasteiger partial charge is 0.294 e. The monoisotopic (exact) mass is 412 g/mol. The lowest BCUT2D eigenvalue weighted by molar-refractivity contribution is 0.0865. The molecule has 1 aromatic heterocycles. The Hall–Kier alpha value is -3.54. The normalized spacial score (nSPS) is 12.5. The standard InChI is InChI=1S/C25H20N2O2S/c26-16-18(17-27)14-22(25(29)20-10-5-2-6-11-20)21(24-12-7-13-30-24)15-23(28)19-8-3-1-4-9-19/h1-13,18,21-22H,14-15H2. The van der Waals surface area contributed by atoms with Gasteiger partial charge in [0.2, 0.25) is 0 Å². The highest BCUT2D eigenvalue weighted by Crippen LogP contribution is 2.38. The molecule has 0 radical (unpaired) electrons. The number of thiophene rings is 1. The molecule has 0 aliphatic heterocycles. The molecule has 0 spiro atoms. The maximum absolute atomic E-state index is 13.4. The van der Waals surface area contributed by atoms with Crippen LogP contribution in [-0.4, -0.2) is 11.6 Å². The average Bonchev–Trinajstić information content (AvgIpc) is 3.34. The first kappa shape index (κ1) is 21.2. The van der Waals surface area contributed by atoms with E-state index >= 15 is 0 Å². The first-order valence-electron chi connectivity index (χ1n) is 9.64. The minimum atomic E-state index is -0.919. The van der Waals surface area contributed by atoms with Crippen molar-refractivity contribution in [2.24, 2.45) is 11.8 Å². The minimum Gasteiger partial charge on any atom is -0.294 e. The highest BCUT2D eigenvalue weighted by Gasteiger charge is 2.34. The van der Waals surface area contributed by atoms with Crippen molar-refractivity contribution in [3.8, 4) is 12.1 Å². The number of carbonyl (C=O) groups is 2. The van der Waals surface area contributed by atoms with E-state index in [2.05, 4.69) is 0 Å². The highest BCUT2D eigenvalue weighted by molar-refractivity contribution is 7.10. The number of hydrogen-bond donors (Lipinski definition) is 0. The Morgan fingerprint density at radius 1 is 0.833 bits per heavy atom. The van der Waals surface area contributed by atoms with Crippen LogP contribution in [0.5, 0.6) is 0 Å². The van der Waals surface area contributed by atoms with Crippen LogP contribution >= 0.6 is 11.3 Å². The summed E-state index contributed by atoms with van der Waals surface area (Å²) in [7, 11) is 0. The number of nitriles is 2. The molecule has 0 N–H and O–H groups in total. The lowest BCUT2D eigenvalue weighted by Crippen LogP contribution is -2.26. The number of benzene rings is 2. The smallest absolute Gasteiger partial charge is 0.166 e. The van der Waals surface area contributed by atoms with E-state index < -0.39 is 17.8 Å². The van der Waals surface area contributed by atoms with Gasteiger partial charge in [0.1, 0.15) is 5.92 Å². The third-order valence-electron chi connectivity index (χ3n) is 5.09. The van der Waals surface area contributed by atoms with E-state index in [1.807, 2.05) is 41.8 Å². The van der Waals surface area contributed by atoms with Crippen molar-refractivity contribution in [3.05, 3.63) is 94.2 Å². The zero-order chi connectivity index (χ0) is 21.3. The summed E-state index contributed by atoms with van der Waals surface area (Å²) >= 11 is 1.48. The molecular formula is C25H20N2O2S. The number of hydrogen-bond acceptors (Lipinski definition) is 5. The summed E-state index contributed by atoms with van der Waals surface area (Å²) in [5.41, 5.74) is 1.10. The van der Waals surface area contributed by atoms with Crippen LogP contribution in [0.1, 0.15) is 44.4 Å². The number of nitrogens with zero attached hydrogens (tertiary/aromatic N) is 2. The molecule has 2 aromatic carbocycles. The van der Waals surface area contributed by atoms with Crippen molar-refractivity contribution in [1.82, 2.24) is 0 Å². The van der Waals surface area contributed by atoms with Crippen molar-refractivity contribution >= 4 is 22.9 Å². The maximum Gasteiger partial charge on any atom is 0.166 e. The summed E-state index contributed by atoms with van der Waals surface area (Å²) in [5, 5.41) is 20.6. The molecule has 2 atom stereocenters. The summed E-state index contributed by atoms with van der Waals surface area (Å²) in [6.07, 6.45) is 0.225. The van der Waals surface area contributed by atoms with Gasteiger partial charge in [-0.3, -0.25) is 9.59 Å². The van der Waals surface area contributed by atoms with Crippen molar-refractivity contribution in [2.45, 2.75) is 18.8 Å². The molecule has 0 aliphatic rings. The van der Waals surface area contributed by atoms with Gasteiger partial charge in [-0.25, -0.2) is 0 Å². The Bertz CT molecular complexity index is 1050. The summed E-state index contributed by atoms with van der Waals surface area (Å²) < 4.78 is 0. The number of ketones is 2. The summed E-state index contributed by atoms with van der Waals surface area (Å²) in [6, 6.07) is 25.6. The fourth-order valence-corrected chi connectivity index (χ4v) is 4.44. The first-order valence-corrected chi connectivity index (χ1v) is 10.5. The third-order valence-corrected chi connectivity index (χ3v) is 6.10. The van der Waals surface area contributed by atoms with E-state index in [1.165, 1.54) is 11.3 Å². The zero-order valence-electron chi connectivity index (χ0n) is 16.3. The van der Waals surface area contributed by atoms with Gasteiger partial charge >= 0.3 is 0 Å². The lowest BCUT2D eigenvalue weighted by Gasteiger charge is -2.25. The second-order valence-electron chi connectivity index (χ2n) is 7.00. The van der Waals surface area contributed by atoms with Gasteiger partial charge in [-0.05, 0) is 17.9 Å². The molecule has 0 saturated heterocycles. The van der Waals surface area contributed by atoms with Crippen LogP contribution in [0.15, 0.2) is 78.2 Å². The van der Waals surface area contributed by atoms with E-state index in [0.29, 0.717) is 11.1 Å². The van der Waals surface area contributed by atoms with Gasteiger partial charge < -0.3 is 0 Å². The second kappa shape index (κ2) is 10.3. The van der Waals surface area contributed by atoms with E-state index in [1.54, 1.807) is 48.5 Å². The van der Waals surface area contributed by atoms with E-state index in [-0.39, 0.29) is 24.4 Å². The summed E-state index contributed by atoms with van der Waals surface area (Å²) in [4.78, 5) is 27.3. The van der Waals surface area contributed by atoms with Gasteiger partial charge in [-0.15, -0.1) is 11.3 Å². The molecule has 4 nitrogen and oxygen atoms in total. The first-order chi connectivity index (χ1) is 14.6. The molecular weight excluding hydrogens is 392 g/mol. The van der Waals surface area contributed by atoms with Crippen LogP contribution in [0, 0.1) is 34.5 Å². The van der Waals surface area contributed by atoms with Crippen LogP contribution in [0.3, 0.4) is 0 Å². The van der Waals surface area contributed by atoms with Crippen molar-refractivity contribution in [2.75, 3.05) is 0 Å². The van der Waals surface area contributed by atoms with Crippen LogP contribution in [0.25, 0.3) is 0 Å². The van der Waals surface area contributed by atoms with E-state index in [9.17, 15) is 20.1 Å². The fourth-order valence-electron chi connectivity index (χ4n) is 3.54. The van der Waals surface area contributed by atoms with E-state index in [0.717, 1.165) is 4.88 Å². The van der Waals surface area contributed by atoms with E-state index in [4.69, 9.17) is 0 Å². The molecule has 0 aliphatic carbocycles. The Labute approximate surface area is 180 Å². The number of Topliss-reactive ketones (excluding diaryl/α,β-unsaturated/α-hetero) is 2. The summed E-state index contributed by atoms with van der Waals surface area (Å²) in [5.74, 6) is -2.19. The number of carbonyl (C=O) groups excluding carboxylic acids is 2. The molecule has 3 rings (SSSR count). The topological polar surface area (TPSA) is 81.7 Å². The zero-order valence-corrected chi connectivity index (χ0v) is 17.1. The van der Waals surface area contributed by atoms with Crippen LogP contribution in [0.4, 0.5) is 0 Å². The SMILES string of the molecule is N#CC(C#N)CC(C(=O)c1ccccc1)C(CC(=O)c1ccccc1)c1cccs1. The van der Waals surface area contributed by atoms with Gasteiger partial charge in [0, 0.05) is 34.3 Å². The Morgan fingerprint density at radius 2 is 1.43 bits per heavy atom. The van der Waals surface area contributed by atoms with Gasteiger partial charge in [0.25, 0.3) is 0 Å². The maximum atomic E-state index is 13.4. The van der Waals surface area contributed by atoms with Gasteiger partial charge in [-0.2, -0.15) is 10.5 Å². The Morgan fingerprint density at radius 3 is 1.97 bits per heavy atom. The van der Waals surface area contributed by atoms with Gasteiger partial charge in [0.15, 0.2) is 11.6 Å². The molecule has 5 heteroatoms. The summed E-state index contributed by atoms with van der Waals surface area (Å²) in [6.45, 7) is 0. The van der Waals surface area contributed by atoms with Crippen molar-refractivity contribution < 1.29 is 9.59 Å². The molecule has 0 fully saturated rings. The molecule has 1 heterocycles. The Kier molecular flexibility index (Phi) is 7.27. The van der Waals surface area contributed by atoms with Crippen LogP contribution in [0.2, 0.25) is 0 Å². The second-order valence-corrected chi connectivity index (χ2v) is 7.98. The minimum absolute atomic E-state index is 0.0645. The van der Waals surface area contributed by atoms with Crippen LogP contribution < -0.4 is 0 Å². The molecule has 3 aromatic rings. The molecule has 30 heavy (non-hydrogen) atoms. The predicted molar refractivity (Wildman–Crippen MR) is 116 cm³/mol. The number of rotatable bonds is 9. The van der Waals surface area contributed by atoms with Gasteiger partial charge in [0.05, 0.1) is 12.1 Å². The van der Waals surface area contributed by atoms with Gasteiger partial charge in [-0.1, -0.05) is 66.7 Å². The van der Waals surface area contributed by atoms with Crippen LogP contribution in [-0.2, 0) is 0 Å².